The predicted molar refractivity (Wildman–Crippen MR) is 86.0 cm³/mol. The van der Waals surface area contributed by atoms with Gasteiger partial charge in [0, 0.05) is 17.1 Å². The zero-order valence-electron chi connectivity index (χ0n) is 12.1. The van der Waals surface area contributed by atoms with Crippen LogP contribution < -0.4 is 5.43 Å². The molecule has 0 fully saturated rings. The van der Waals surface area contributed by atoms with Crippen LogP contribution in [-0.4, -0.2) is 15.6 Å². The van der Waals surface area contributed by atoms with E-state index in [1.807, 2.05) is 49.4 Å². The molecule has 0 unspecified atom stereocenters. The van der Waals surface area contributed by atoms with Crippen LogP contribution in [0.3, 0.4) is 0 Å². The van der Waals surface area contributed by atoms with E-state index < -0.39 is 5.97 Å². The normalized spacial score (nSPS) is 10.8. The lowest BCUT2D eigenvalue weighted by Crippen LogP contribution is -2.16. The number of fused-ring (bicyclic) bond motifs is 1. The van der Waals surface area contributed by atoms with E-state index in [9.17, 15) is 9.59 Å². The standard InChI is InChI=1S/C18H15NO3/c1-12-6-5-9-15-17(12)18(22)14(10-19(15)11-16(20)21)13-7-3-2-4-8-13/h2-10H,11H2,1H3,(H,20,21). The number of aliphatic carboxylic acids is 1. The van der Waals surface area contributed by atoms with Gasteiger partial charge in [0.1, 0.15) is 6.54 Å². The number of aryl methyl sites for hydroxylation is 1. The molecule has 2 aromatic carbocycles. The number of aromatic nitrogens is 1. The van der Waals surface area contributed by atoms with Gasteiger partial charge in [-0.05, 0) is 24.1 Å². The smallest absolute Gasteiger partial charge is 0.323 e. The molecule has 0 saturated carbocycles. The molecule has 1 heterocycles. The van der Waals surface area contributed by atoms with E-state index in [0.717, 1.165) is 11.1 Å². The molecule has 0 spiro atoms. The fraction of sp³-hybridized carbons (Fsp3) is 0.111. The minimum Gasteiger partial charge on any atom is -0.480 e. The van der Waals surface area contributed by atoms with Crippen molar-refractivity contribution in [2.75, 3.05) is 0 Å². The van der Waals surface area contributed by atoms with Crippen molar-refractivity contribution >= 4 is 16.9 Å². The molecule has 4 heteroatoms. The minimum absolute atomic E-state index is 0.0686. The predicted octanol–water partition coefficient (Wildman–Crippen LogP) is 3.06. The second-order valence-corrected chi connectivity index (χ2v) is 5.23. The number of nitrogens with zero attached hydrogens (tertiary/aromatic N) is 1. The average molecular weight is 293 g/mol. The third kappa shape index (κ3) is 2.39. The first kappa shape index (κ1) is 14.1. The number of carboxylic acid groups (broad SMARTS) is 1. The van der Waals surface area contributed by atoms with Gasteiger partial charge < -0.3 is 9.67 Å². The number of hydrogen-bond donors (Lipinski definition) is 1. The summed E-state index contributed by atoms with van der Waals surface area (Å²) in [5, 5.41) is 9.70. The topological polar surface area (TPSA) is 59.3 Å². The maximum absolute atomic E-state index is 12.8. The van der Waals surface area contributed by atoms with Gasteiger partial charge in [0.05, 0.1) is 5.52 Å². The third-order valence-corrected chi connectivity index (χ3v) is 3.71. The maximum Gasteiger partial charge on any atom is 0.323 e. The quantitative estimate of drug-likeness (QED) is 0.807. The molecule has 110 valence electrons. The van der Waals surface area contributed by atoms with Crippen molar-refractivity contribution in [3.05, 3.63) is 70.5 Å². The van der Waals surface area contributed by atoms with Crippen LogP contribution in [0, 0.1) is 6.92 Å². The van der Waals surface area contributed by atoms with E-state index in [-0.39, 0.29) is 12.0 Å². The summed E-state index contributed by atoms with van der Waals surface area (Å²) in [6.45, 7) is 1.68. The van der Waals surface area contributed by atoms with Gasteiger partial charge >= 0.3 is 5.97 Å². The van der Waals surface area contributed by atoms with Gasteiger partial charge in [-0.1, -0.05) is 42.5 Å². The van der Waals surface area contributed by atoms with Gasteiger partial charge in [-0.3, -0.25) is 9.59 Å². The summed E-state index contributed by atoms with van der Waals surface area (Å²) in [6, 6.07) is 14.8. The van der Waals surface area contributed by atoms with E-state index in [4.69, 9.17) is 5.11 Å². The second kappa shape index (κ2) is 5.48. The van der Waals surface area contributed by atoms with Crippen LogP contribution in [0.25, 0.3) is 22.0 Å². The van der Waals surface area contributed by atoms with Gasteiger partial charge in [-0.15, -0.1) is 0 Å². The molecular weight excluding hydrogens is 278 g/mol. The Morgan fingerprint density at radius 3 is 2.50 bits per heavy atom. The number of pyridine rings is 1. The first-order valence-electron chi connectivity index (χ1n) is 6.98. The fourth-order valence-electron chi connectivity index (χ4n) is 2.71. The van der Waals surface area contributed by atoms with Crippen molar-refractivity contribution in [3.63, 3.8) is 0 Å². The summed E-state index contributed by atoms with van der Waals surface area (Å²) >= 11 is 0. The Labute approximate surface area is 127 Å². The first-order chi connectivity index (χ1) is 10.6. The van der Waals surface area contributed by atoms with Gasteiger partial charge in [-0.2, -0.15) is 0 Å². The van der Waals surface area contributed by atoms with E-state index in [1.54, 1.807) is 16.8 Å². The molecule has 3 rings (SSSR count). The largest absolute Gasteiger partial charge is 0.480 e. The monoisotopic (exact) mass is 293 g/mol. The van der Waals surface area contributed by atoms with E-state index in [1.165, 1.54) is 0 Å². The van der Waals surface area contributed by atoms with Gasteiger partial charge in [0.25, 0.3) is 0 Å². The molecule has 0 aliphatic rings. The first-order valence-corrected chi connectivity index (χ1v) is 6.98. The Bertz CT molecular complexity index is 911. The molecule has 0 saturated heterocycles. The molecule has 4 nitrogen and oxygen atoms in total. The van der Waals surface area contributed by atoms with Crippen molar-refractivity contribution in [1.82, 2.24) is 4.57 Å². The zero-order chi connectivity index (χ0) is 15.7. The Kier molecular flexibility index (Phi) is 3.51. The lowest BCUT2D eigenvalue weighted by atomic mass is 10.0. The number of rotatable bonds is 3. The Hall–Kier alpha value is -2.88. The highest BCUT2D eigenvalue weighted by molar-refractivity contribution is 5.87. The number of benzene rings is 2. The summed E-state index contributed by atoms with van der Waals surface area (Å²) in [5.74, 6) is -0.939. The summed E-state index contributed by atoms with van der Waals surface area (Å²) < 4.78 is 1.62. The Balaban J connectivity index is 2.39. The summed E-state index contributed by atoms with van der Waals surface area (Å²) in [5.41, 5.74) is 2.73. The van der Waals surface area contributed by atoms with Gasteiger partial charge in [0.2, 0.25) is 0 Å². The molecule has 0 aliphatic heterocycles. The van der Waals surface area contributed by atoms with Gasteiger partial charge in [-0.25, -0.2) is 0 Å². The Morgan fingerprint density at radius 1 is 1.09 bits per heavy atom. The summed E-state index contributed by atoms with van der Waals surface area (Å²) in [4.78, 5) is 24.0. The fourth-order valence-corrected chi connectivity index (χ4v) is 2.71. The number of carboxylic acids is 1. The van der Waals surface area contributed by atoms with Crippen molar-refractivity contribution in [1.29, 1.82) is 0 Å². The van der Waals surface area contributed by atoms with E-state index in [2.05, 4.69) is 0 Å². The molecule has 0 bridgehead atoms. The molecular formula is C18H15NO3. The van der Waals surface area contributed by atoms with Crippen molar-refractivity contribution in [2.45, 2.75) is 13.5 Å². The molecule has 1 aromatic heterocycles. The number of carbonyl (C=O) groups is 1. The average Bonchev–Trinajstić information content (AvgIpc) is 2.50. The molecule has 3 aromatic rings. The third-order valence-electron chi connectivity index (χ3n) is 3.71. The summed E-state index contributed by atoms with van der Waals surface area (Å²) in [7, 11) is 0. The molecule has 22 heavy (non-hydrogen) atoms. The molecule has 0 radical (unpaired) electrons. The molecule has 0 amide bonds. The SMILES string of the molecule is Cc1cccc2c1c(=O)c(-c1ccccc1)cn2CC(=O)O. The number of hydrogen-bond acceptors (Lipinski definition) is 2. The zero-order valence-corrected chi connectivity index (χ0v) is 12.1. The molecule has 0 aliphatic carbocycles. The highest BCUT2D eigenvalue weighted by Gasteiger charge is 2.13. The van der Waals surface area contributed by atoms with Crippen LogP contribution in [0.2, 0.25) is 0 Å². The second-order valence-electron chi connectivity index (χ2n) is 5.23. The maximum atomic E-state index is 12.8. The Morgan fingerprint density at radius 2 is 1.82 bits per heavy atom. The van der Waals surface area contributed by atoms with Crippen LogP contribution in [0.5, 0.6) is 0 Å². The van der Waals surface area contributed by atoms with Crippen LogP contribution in [0.15, 0.2) is 59.5 Å². The highest BCUT2D eigenvalue weighted by atomic mass is 16.4. The van der Waals surface area contributed by atoms with Crippen molar-refractivity contribution in [2.24, 2.45) is 0 Å². The lowest BCUT2D eigenvalue weighted by Gasteiger charge is -2.13. The van der Waals surface area contributed by atoms with Crippen LogP contribution in [0.4, 0.5) is 0 Å². The molecule has 1 N–H and O–H groups in total. The minimum atomic E-state index is -0.939. The van der Waals surface area contributed by atoms with Crippen molar-refractivity contribution in [3.8, 4) is 11.1 Å². The van der Waals surface area contributed by atoms with Crippen LogP contribution in [-0.2, 0) is 11.3 Å². The van der Waals surface area contributed by atoms with Crippen LogP contribution in [0.1, 0.15) is 5.56 Å². The molecule has 0 atom stereocenters. The van der Waals surface area contributed by atoms with Crippen LogP contribution >= 0.6 is 0 Å². The van der Waals surface area contributed by atoms with E-state index in [0.29, 0.717) is 16.5 Å². The van der Waals surface area contributed by atoms with Gasteiger partial charge in [0.15, 0.2) is 5.43 Å². The lowest BCUT2D eigenvalue weighted by molar-refractivity contribution is -0.137. The highest BCUT2D eigenvalue weighted by Crippen LogP contribution is 2.21. The van der Waals surface area contributed by atoms with E-state index >= 15 is 0 Å². The summed E-state index contributed by atoms with van der Waals surface area (Å²) in [6.07, 6.45) is 1.63. The van der Waals surface area contributed by atoms with Crippen molar-refractivity contribution < 1.29 is 9.90 Å².